The summed E-state index contributed by atoms with van der Waals surface area (Å²) >= 11 is 7.12. The van der Waals surface area contributed by atoms with Gasteiger partial charge in [0.1, 0.15) is 0 Å². The molecule has 1 aromatic heterocycles. The summed E-state index contributed by atoms with van der Waals surface area (Å²) < 4.78 is 2.11. The molecule has 4 rings (SSSR count). The Hall–Kier alpha value is -1.71. The van der Waals surface area contributed by atoms with Crippen molar-refractivity contribution in [1.82, 2.24) is 4.98 Å². The molecule has 0 saturated heterocycles. The van der Waals surface area contributed by atoms with Crippen molar-refractivity contribution in [3.05, 3.63) is 75.7 Å². The maximum absolute atomic E-state index is 4.92. The van der Waals surface area contributed by atoms with Crippen LogP contribution in [0.4, 0.5) is 0 Å². The summed E-state index contributed by atoms with van der Waals surface area (Å²) in [4.78, 5) is 4.92. The SMILES string of the molecule is Brc1ccc2c(c1)nc(-c1ccccc1)c1cc(Br)ccc12. The van der Waals surface area contributed by atoms with Gasteiger partial charge in [0, 0.05) is 25.3 Å². The smallest absolute Gasteiger partial charge is 0.0788 e. The third kappa shape index (κ3) is 2.34. The van der Waals surface area contributed by atoms with Crippen LogP contribution in [0.2, 0.25) is 0 Å². The molecule has 3 aromatic carbocycles. The normalized spacial score (nSPS) is 11.2. The van der Waals surface area contributed by atoms with Gasteiger partial charge in [-0.3, -0.25) is 0 Å². The fourth-order valence-electron chi connectivity index (χ4n) is 2.77. The zero-order valence-corrected chi connectivity index (χ0v) is 14.7. The average Bonchev–Trinajstić information content (AvgIpc) is 2.54. The van der Waals surface area contributed by atoms with Gasteiger partial charge in [0.25, 0.3) is 0 Å². The minimum Gasteiger partial charge on any atom is -0.247 e. The van der Waals surface area contributed by atoms with Crippen LogP contribution in [0.25, 0.3) is 32.9 Å². The highest BCUT2D eigenvalue weighted by atomic mass is 79.9. The Morgan fingerprint density at radius 1 is 0.636 bits per heavy atom. The molecule has 0 N–H and O–H groups in total. The molecular formula is C19H11Br2N. The lowest BCUT2D eigenvalue weighted by molar-refractivity contribution is 1.42. The molecule has 106 valence electrons. The fraction of sp³-hybridized carbons (Fsp3) is 0. The van der Waals surface area contributed by atoms with E-state index in [2.05, 4.69) is 80.4 Å². The predicted octanol–water partition coefficient (Wildman–Crippen LogP) is 6.58. The third-order valence-electron chi connectivity index (χ3n) is 3.77. The molecule has 3 heteroatoms. The summed E-state index contributed by atoms with van der Waals surface area (Å²) in [5.74, 6) is 0. The van der Waals surface area contributed by atoms with Crippen LogP contribution in [0, 0.1) is 0 Å². The first-order valence-corrected chi connectivity index (χ1v) is 8.55. The average molecular weight is 413 g/mol. The molecule has 0 bridgehead atoms. The Bertz CT molecular complexity index is 994. The lowest BCUT2D eigenvalue weighted by atomic mass is 10.0. The second-order valence-electron chi connectivity index (χ2n) is 5.18. The topological polar surface area (TPSA) is 12.9 Å². The van der Waals surface area contributed by atoms with Crippen LogP contribution in [-0.4, -0.2) is 4.98 Å². The molecule has 0 aliphatic carbocycles. The van der Waals surface area contributed by atoms with E-state index < -0.39 is 0 Å². The van der Waals surface area contributed by atoms with Gasteiger partial charge in [0.05, 0.1) is 11.2 Å². The van der Waals surface area contributed by atoms with Gasteiger partial charge in [0.15, 0.2) is 0 Å². The fourth-order valence-corrected chi connectivity index (χ4v) is 3.48. The van der Waals surface area contributed by atoms with Gasteiger partial charge in [-0.15, -0.1) is 0 Å². The summed E-state index contributed by atoms with van der Waals surface area (Å²) in [5.41, 5.74) is 3.15. The van der Waals surface area contributed by atoms with E-state index in [0.717, 1.165) is 31.1 Å². The van der Waals surface area contributed by atoms with Gasteiger partial charge in [-0.1, -0.05) is 74.3 Å². The molecule has 22 heavy (non-hydrogen) atoms. The summed E-state index contributed by atoms with van der Waals surface area (Å²) in [6, 6.07) is 23.0. The minimum absolute atomic E-state index is 1.00. The quantitative estimate of drug-likeness (QED) is 0.322. The number of pyridine rings is 1. The van der Waals surface area contributed by atoms with E-state index in [1.165, 1.54) is 10.8 Å². The number of benzene rings is 3. The maximum Gasteiger partial charge on any atom is 0.0788 e. The van der Waals surface area contributed by atoms with Gasteiger partial charge in [-0.25, -0.2) is 4.98 Å². The first-order chi connectivity index (χ1) is 10.7. The Balaban J connectivity index is 2.19. The van der Waals surface area contributed by atoms with Crippen LogP contribution in [-0.2, 0) is 0 Å². The van der Waals surface area contributed by atoms with Crippen LogP contribution in [0.15, 0.2) is 75.7 Å². The van der Waals surface area contributed by atoms with Gasteiger partial charge >= 0.3 is 0 Å². The van der Waals surface area contributed by atoms with Crippen LogP contribution in [0.1, 0.15) is 0 Å². The molecule has 0 spiro atoms. The van der Waals surface area contributed by atoms with Crippen molar-refractivity contribution in [3.63, 3.8) is 0 Å². The van der Waals surface area contributed by atoms with Crippen molar-refractivity contribution in [2.24, 2.45) is 0 Å². The monoisotopic (exact) mass is 411 g/mol. The number of hydrogen-bond donors (Lipinski definition) is 0. The van der Waals surface area contributed by atoms with Crippen LogP contribution in [0.3, 0.4) is 0 Å². The van der Waals surface area contributed by atoms with Crippen molar-refractivity contribution in [2.75, 3.05) is 0 Å². The molecule has 0 aliphatic rings. The Labute approximate surface area is 145 Å². The summed E-state index contributed by atoms with van der Waals surface area (Å²) in [7, 11) is 0. The highest BCUT2D eigenvalue weighted by molar-refractivity contribution is 9.10. The van der Waals surface area contributed by atoms with Gasteiger partial charge in [-0.05, 0) is 29.7 Å². The zero-order chi connectivity index (χ0) is 15.1. The minimum atomic E-state index is 1.00. The van der Waals surface area contributed by atoms with E-state index in [1.807, 2.05) is 18.2 Å². The summed E-state index contributed by atoms with van der Waals surface area (Å²) in [6.07, 6.45) is 0. The number of rotatable bonds is 1. The first-order valence-electron chi connectivity index (χ1n) is 6.96. The van der Waals surface area contributed by atoms with E-state index in [-0.39, 0.29) is 0 Å². The maximum atomic E-state index is 4.92. The second-order valence-corrected chi connectivity index (χ2v) is 7.01. The standard InChI is InChI=1S/C19H11Br2N/c20-13-6-8-15-16-9-7-14(21)11-18(16)22-19(17(15)10-13)12-4-2-1-3-5-12/h1-11H. The van der Waals surface area contributed by atoms with Crippen LogP contribution >= 0.6 is 31.9 Å². The zero-order valence-electron chi connectivity index (χ0n) is 11.6. The molecule has 0 aliphatic heterocycles. The van der Waals surface area contributed by atoms with Crippen LogP contribution < -0.4 is 0 Å². The molecule has 4 aromatic rings. The van der Waals surface area contributed by atoms with Crippen molar-refractivity contribution in [3.8, 4) is 11.3 Å². The molecule has 0 fully saturated rings. The number of nitrogens with zero attached hydrogens (tertiary/aromatic N) is 1. The second kappa shape index (κ2) is 5.49. The van der Waals surface area contributed by atoms with Crippen molar-refractivity contribution < 1.29 is 0 Å². The van der Waals surface area contributed by atoms with Gasteiger partial charge in [-0.2, -0.15) is 0 Å². The number of hydrogen-bond acceptors (Lipinski definition) is 1. The van der Waals surface area contributed by atoms with Crippen molar-refractivity contribution >= 4 is 53.5 Å². The van der Waals surface area contributed by atoms with Gasteiger partial charge < -0.3 is 0 Å². The van der Waals surface area contributed by atoms with E-state index in [1.54, 1.807) is 0 Å². The number of fused-ring (bicyclic) bond motifs is 3. The molecule has 0 radical (unpaired) electrons. The number of aromatic nitrogens is 1. The predicted molar refractivity (Wildman–Crippen MR) is 100 cm³/mol. The van der Waals surface area contributed by atoms with Crippen molar-refractivity contribution in [1.29, 1.82) is 0 Å². The Morgan fingerprint density at radius 3 is 2.09 bits per heavy atom. The molecular weight excluding hydrogens is 402 g/mol. The Morgan fingerprint density at radius 2 is 1.32 bits per heavy atom. The Kier molecular flexibility index (Phi) is 3.47. The molecule has 0 unspecified atom stereocenters. The van der Waals surface area contributed by atoms with Crippen LogP contribution in [0.5, 0.6) is 0 Å². The number of halogens is 2. The molecule has 1 heterocycles. The van der Waals surface area contributed by atoms with E-state index >= 15 is 0 Å². The summed E-state index contributed by atoms with van der Waals surface area (Å²) in [6.45, 7) is 0. The van der Waals surface area contributed by atoms with Crippen molar-refractivity contribution in [2.45, 2.75) is 0 Å². The van der Waals surface area contributed by atoms with E-state index in [0.29, 0.717) is 0 Å². The summed E-state index contributed by atoms with van der Waals surface area (Å²) in [5, 5.41) is 3.56. The molecule has 0 amide bonds. The molecule has 0 saturated carbocycles. The van der Waals surface area contributed by atoms with E-state index in [4.69, 9.17) is 4.98 Å². The van der Waals surface area contributed by atoms with Gasteiger partial charge in [0.2, 0.25) is 0 Å². The largest absolute Gasteiger partial charge is 0.247 e. The molecule has 1 nitrogen and oxygen atoms in total. The van der Waals surface area contributed by atoms with E-state index in [9.17, 15) is 0 Å². The third-order valence-corrected chi connectivity index (χ3v) is 4.75. The molecule has 0 atom stereocenters. The lowest BCUT2D eigenvalue weighted by Gasteiger charge is -2.11. The first kappa shape index (κ1) is 13.9. The highest BCUT2D eigenvalue weighted by Gasteiger charge is 2.10. The highest BCUT2D eigenvalue weighted by Crippen LogP contribution is 2.34. The lowest BCUT2D eigenvalue weighted by Crippen LogP contribution is -1.90.